The highest BCUT2D eigenvalue weighted by atomic mass is 15.1. The normalized spacial score (nSPS) is 14.5. The molecule has 0 aromatic heterocycles. The molecule has 0 bridgehead atoms. The van der Waals surface area contributed by atoms with Crippen molar-refractivity contribution in [2.45, 2.75) is 26.7 Å². The van der Waals surface area contributed by atoms with Gasteiger partial charge in [-0.3, -0.25) is 0 Å². The van der Waals surface area contributed by atoms with Crippen LogP contribution in [-0.2, 0) is 0 Å². The zero-order valence-corrected chi connectivity index (χ0v) is 16.0. The average molecular weight is 335 g/mol. The van der Waals surface area contributed by atoms with Crippen LogP contribution >= 0.6 is 0 Å². The third kappa shape index (κ3) is 4.76. The second kappa shape index (κ2) is 8.57. The fourth-order valence-electron chi connectivity index (χ4n) is 2.90. The average Bonchev–Trinajstić information content (AvgIpc) is 2.65. The molecule has 0 saturated carbocycles. The lowest BCUT2D eigenvalue weighted by atomic mass is 9.91. The SMILES string of the molecule is C=C(C1=CC=CCC1)/C(CN(C)C(=C)C)=C(/C)N(C)c1ccccc1. The van der Waals surface area contributed by atoms with E-state index in [0.29, 0.717) is 0 Å². The third-order valence-corrected chi connectivity index (χ3v) is 4.90. The molecule has 0 heterocycles. The first-order chi connectivity index (χ1) is 11.9. The van der Waals surface area contributed by atoms with Gasteiger partial charge in [0.1, 0.15) is 0 Å². The Morgan fingerprint density at radius 2 is 1.76 bits per heavy atom. The van der Waals surface area contributed by atoms with E-state index in [1.165, 1.54) is 22.5 Å². The topological polar surface area (TPSA) is 6.48 Å². The zero-order valence-electron chi connectivity index (χ0n) is 16.0. The van der Waals surface area contributed by atoms with Crippen LogP contribution in [-0.4, -0.2) is 25.5 Å². The van der Waals surface area contributed by atoms with E-state index in [9.17, 15) is 0 Å². The number of nitrogens with zero attached hydrogens (tertiary/aromatic N) is 2. The van der Waals surface area contributed by atoms with Crippen molar-refractivity contribution in [1.82, 2.24) is 4.90 Å². The van der Waals surface area contributed by atoms with Crippen molar-refractivity contribution >= 4 is 5.69 Å². The van der Waals surface area contributed by atoms with Gasteiger partial charge in [-0.25, -0.2) is 0 Å². The Balaban J connectivity index is 2.41. The molecule has 0 aliphatic heterocycles. The predicted molar refractivity (Wildman–Crippen MR) is 111 cm³/mol. The van der Waals surface area contributed by atoms with Gasteiger partial charge in [-0.1, -0.05) is 49.6 Å². The first kappa shape index (κ1) is 18.9. The molecule has 0 radical (unpaired) electrons. The van der Waals surface area contributed by atoms with Crippen LogP contribution in [0.2, 0.25) is 0 Å². The number of allylic oxidation sites excluding steroid dienone is 6. The number of likely N-dealkylation sites (N-methyl/N-ethyl adjacent to an activating group) is 1. The molecule has 2 rings (SSSR count). The number of anilines is 1. The molecule has 25 heavy (non-hydrogen) atoms. The second-order valence-electron chi connectivity index (χ2n) is 6.69. The highest BCUT2D eigenvalue weighted by molar-refractivity contribution is 5.57. The molecular weight excluding hydrogens is 304 g/mol. The Kier molecular flexibility index (Phi) is 6.46. The zero-order chi connectivity index (χ0) is 18.4. The highest BCUT2D eigenvalue weighted by Crippen LogP contribution is 2.30. The summed E-state index contributed by atoms with van der Waals surface area (Å²) in [5.41, 5.74) is 7.18. The van der Waals surface area contributed by atoms with Crippen molar-refractivity contribution in [2.24, 2.45) is 0 Å². The van der Waals surface area contributed by atoms with Crippen LogP contribution in [0.25, 0.3) is 0 Å². The Hall–Kier alpha value is -2.48. The summed E-state index contributed by atoms with van der Waals surface area (Å²) in [5.74, 6) is 0. The van der Waals surface area contributed by atoms with E-state index in [0.717, 1.165) is 30.7 Å². The molecule has 1 aliphatic rings. The summed E-state index contributed by atoms with van der Waals surface area (Å²) in [6.07, 6.45) is 8.69. The van der Waals surface area contributed by atoms with Gasteiger partial charge in [0, 0.05) is 37.7 Å². The van der Waals surface area contributed by atoms with Gasteiger partial charge >= 0.3 is 0 Å². The van der Waals surface area contributed by atoms with Crippen LogP contribution in [0.4, 0.5) is 5.69 Å². The molecule has 2 heteroatoms. The molecule has 1 aromatic rings. The summed E-state index contributed by atoms with van der Waals surface area (Å²) in [7, 11) is 4.20. The summed E-state index contributed by atoms with van der Waals surface area (Å²) in [6, 6.07) is 10.5. The van der Waals surface area contributed by atoms with E-state index in [4.69, 9.17) is 0 Å². The first-order valence-electron chi connectivity index (χ1n) is 8.82. The minimum atomic E-state index is 0.804. The van der Waals surface area contributed by atoms with Gasteiger partial charge in [0.2, 0.25) is 0 Å². The lowest BCUT2D eigenvalue weighted by Crippen LogP contribution is -2.25. The van der Waals surface area contributed by atoms with Crippen LogP contribution in [0, 0.1) is 0 Å². The van der Waals surface area contributed by atoms with Crippen molar-refractivity contribution in [3.63, 3.8) is 0 Å². The maximum atomic E-state index is 4.45. The Morgan fingerprint density at radius 3 is 2.32 bits per heavy atom. The summed E-state index contributed by atoms with van der Waals surface area (Å²) in [5, 5.41) is 0. The van der Waals surface area contributed by atoms with Crippen molar-refractivity contribution in [3.8, 4) is 0 Å². The second-order valence-corrected chi connectivity index (χ2v) is 6.69. The van der Waals surface area contributed by atoms with Crippen LogP contribution in [0.3, 0.4) is 0 Å². The maximum absolute atomic E-state index is 4.45. The molecule has 0 saturated heterocycles. The number of benzene rings is 1. The fraction of sp³-hybridized carbons (Fsp3) is 0.304. The van der Waals surface area contributed by atoms with Crippen molar-refractivity contribution in [1.29, 1.82) is 0 Å². The van der Waals surface area contributed by atoms with Gasteiger partial charge in [0.05, 0.1) is 0 Å². The molecule has 0 amide bonds. The standard InChI is InChI=1S/C23H30N2/c1-18(2)24(5)17-23(19(3)21-13-9-7-10-14-21)20(4)25(6)22-15-11-8-12-16-22/h7-9,11-13,15-16H,1,3,10,14,17H2,2,4-6H3/b23-20-. The van der Waals surface area contributed by atoms with Gasteiger partial charge in [-0.2, -0.15) is 0 Å². The largest absolute Gasteiger partial charge is 0.374 e. The monoisotopic (exact) mass is 334 g/mol. The fourth-order valence-corrected chi connectivity index (χ4v) is 2.90. The molecule has 1 aromatic carbocycles. The predicted octanol–water partition coefficient (Wildman–Crippen LogP) is 5.69. The number of rotatable bonds is 7. The van der Waals surface area contributed by atoms with Crippen molar-refractivity contribution in [3.05, 3.63) is 89.8 Å². The molecule has 1 aliphatic carbocycles. The van der Waals surface area contributed by atoms with E-state index in [2.05, 4.69) is 86.5 Å². The van der Waals surface area contributed by atoms with Crippen molar-refractivity contribution < 1.29 is 0 Å². The van der Waals surface area contributed by atoms with Gasteiger partial charge in [-0.15, -0.1) is 0 Å². The molecule has 2 nitrogen and oxygen atoms in total. The number of hydrogen-bond acceptors (Lipinski definition) is 2. The number of hydrogen-bond donors (Lipinski definition) is 0. The molecule has 0 unspecified atom stereocenters. The third-order valence-electron chi connectivity index (χ3n) is 4.90. The lowest BCUT2D eigenvalue weighted by Gasteiger charge is -2.29. The van der Waals surface area contributed by atoms with Gasteiger partial charge in [0.25, 0.3) is 0 Å². The van der Waals surface area contributed by atoms with Crippen LogP contribution in [0.1, 0.15) is 26.7 Å². The van der Waals surface area contributed by atoms with E-state index in [1.807, 2.05) is 13.0 Å². The molecule has 132 valence electrons. The summed E-state index contributed by atoms with van der Waals surface area (Å²) in [6.45, 7) is 13.5. The highest BCUT2D eigenvalue weighted by Gasteiger charge is 2.17. The Morgan fingerprint density at radius 1 is 1.08 bits per heavy atom. The molecule has 0 N–H and O–H groups in total. The van der Waals surface area contributed by atoms with E-state index >= 15 is 0 Å². The molecule has 0 atom stereocenters. The van der Waals surface area contributed by atoms with Crippen LogP contribution in [0.5, 0.6) is 0 Å². The Bertz CT molecular complexity index is 720. The summed E-state index contributed by atoms with van der Waals surface area (Å²) < 4.78 is 0. The van der Waals surface area contributed by atoms with Gasteiger partial charge in [-0.05, 0) is 55.5 Å². The molecular formula is C23H30N2. The quantitative estimate of drug-likeness (QED) is 0.591. The first-order valence-corrected chi connectivity index (χ1v) is 8.82. The van der Waals surface area contributed by atoms with Gasteiger partial charge < -0.3 is 9.80 Å². The summed E-state index contributed by atoms with van der Waals surface area (Å²) >= 11 is 0. The molecule has 0 fully saturated rings. The van der Waals surface area contributed by atoms with Crippen LogP contribution < -0.4 is 4.90 Å². The lowest BCUT2D eigenvalue weighted by molar-refractivity contribution is 0.457. The minimum Gasteiger partial charge on any atom is -0.374 e. The number of para-hydroxylation sites is 1. The minimum absolute atomic E-state index is 0.804. The van der Waals surface area contributed by atoms with Crippen LogP contribution in [0.15, 0.2) is 89.8 Å². The van der Waals surface area contributed by atoms with Crippen molar-refractivity contribution in [2.75, 3.05) is 25.5 Å². The maximum Gasteiger partial charge on any atom is 0.0445 e. The molecule has 0 spiro atoms. The van der Waals surface area contributed by atoms with E-state index in [-0.39, 0.29) is 0 Å². The Labute approximate surface area is 153 Å². The van der Waals surface area contributed by atoms with E-state index < -0.39 is 0 Å². The smallest absolute Gasteiger partial charge is 0.0445 e. The van der Waals surface area contributed by atoms with Gasteiger partial charge in [0.15, 0.2) is 0 Å². The summed E-state index contributed by atoms with van der Waals surface area (Å²) in [4.78, 5) is 4.42. The van der Waals surface area contributed by atoms with E-state index in [1.54, 1.807) is 0 Å².